The standard InChI is InChI=1S/C21H25N3O4/c1-14-2-5-16(6-3-14)22-20(25)13-24-21(26)9-7-17(23-24)15-4-8-18-19(12-15)28-11-10-27-18/h4,7-9,12,14,16H,2-3,5-6,10-11,13H2,1H3,(H,22,25). The number of aromatic nitrogens is 2. The zero-order valence-electron chi connectivity index (χ0n) is 16.0. The summed E-state index contributed by atoms with van der Waals surface area (Å²) in [5.74, 6) is 1.91. The summed E-state index contributed by atoms with van der Waals surface area (Å²) in [6, 6.07) is 8.83. The van der Waals surface area contributed by atoms with Gasteiger partial charge in [0.05, 0.1) is 5.69 Å². The molecule has 7 nitrogen and oxygen atoms in total. The highest BCUT2D eigenvalue weighted by atomic mass is 16.6. The molecule has 148 valence electrons. The number of ether oxygens (including phenoxy) is 2. The molecule has 0 spiro atoms. The van der Waals surface area contributed by atoms with E-state index >= 15 is 0 Å². The van der Waals surface area contributed by atoms with Crippen molar-refractivity contribution in [3.05, 3.63) is 40.7 Å². The van der Waals surface area contributed by atoms with Crippen molar-refractivity contribution in [2.24, 2.45) is 5.92 Å². The number of amides is 1. The van der Waals surface area contributed by atoms with E-state index in [0.717, 1.165) is 37.2 Å². The molecule has 1 N–H and O–H groups in total. The molecule has 1 aliphatic heterocycles. The third kappa shape index (κ3) is 4.18. The van der Waals surface area contributed by atoms with Crippen molar-refractivity contribution < 1.29 is 14.3 Å². The summed E-state index contributed by atoms with van der Waals surface area (Å²) in [4.78, 5) is 24.6. The molecule has 2 aromatic rings. The van der Waals surface area contributed by atoms with Crippen LogP contribution in [0.15, 0.2) is 35.1 Å². The summed E-state index contributed by atoms with van der Waals surface area (Å²) in [6.45, 7) is 3.20. The van der Waals surface area contributed by atoms with Crippen LogP contribution >= 0.6 is 0 Å². The smallest absolute Gasteiger partial charge is 0.267 e. The Hall–Kier alpha value is -2.83. The van der Waals surface area contributed by atoms with Gasteiger partial charge in [-0.2, -0.15) is 5.10 Å². The van der Waals surface area contributed by atoms with Gasteiger partial charge in [-0.15, -0.1) is 0 Å². The Bertz CT molecular complexity index is 916. The van der Waals surface area contributed by atoms with E-state index in [-0.39, 0.29) is 24.1 Å². The molecule has 0 unspecified atom stereocenters. The van der Waals surface area contributed by atoms with E-state index in [0.29, 0.717) is 30.4 Å². The zero-order valence-corrected chi connectivity index (χ0v) is 16.0. The molecule has 0 bridgehead atoms. The Balaban J connectivity index is 1.48. The first-order valence-corrected chi connectivity index (χ1v) is 9.86. The molecular weight excluding hydrogens is 358 g/mol. The van der Waals surface area contributed by atoms with Crippen molar-refractivity contribution in [3.63, 3.8) is 0 Å². The van der Waals surface area contributed by atoms with E-state index < -0.39 is 0 Å². The van der Waals surface area contributed by atoms with Crippen molar-refractivity contribution >= 4 is 5.91 Å². The minimum absolute atomic E-state index is 0.0801. The molecule has 2 aliphatic rings. The van der Waals surface area contributed by atoms with Crippen LogP contribution < -0.4 is 20.3 Å². The third-order valence-corrected chi connectivity index (χ3v) is 5.38. The lowest BCUT2D eigenvalue weighted by molar-refractivity contribution is -0.122. The molecule has 2 heterocycles. The molecular formula is C21H25N3O4. The number of fused-ring (bicyclic) bond motifs is 1. The fourth-order valence-corrected chi connectivity index (χ4v) is 3.73. The largest absolute Gasteiger partial charge is 0.486 e. The van der Waals surface area contributed by atoms with Gasteiger partial charge in [-0.05, 0) is 55.9 Å². The fourth-order valence-electron chi connectivity index (χ4n) is 3.73. The van der Waals surface area contributed by atoms with Gasteiger partial charge in [0.25, 0.3) is 5.56 Å². The topological polar surface area (TPSA) is 82.5 Å². The quantitative estimate of drug-likeness (QED) is 0.877. The van der Waals surface area contributed by atoms with Crippen LogP contribution in [0.4, 0.5) is 0 Å². The van der Waals surface area contributed by atoms with Crippen molar-refractivity contribution in [1.29, 1.82) is 0 Å². The minimum Gasteiger partial charge on any atom is -0.486 e. The van der Waals surface area contributed by atoms with Crippen LogP contribution in [-0.4, -0.2) is 34.9 Å². The normalized spacial score (nSPS) is 21.2. The number of hydrogen-bond acceptors (Lipinski definition) is 5. The van der Waals surface area contributed by atoms with E-state index in [4.69, 9.17) is 9.47 Å². The van der Waals surface area contributed by atoms with Gasteiger partial charge >= 0.3 is 0 Å². The summed E-state index contributed by atoms with van der Waals surface area (Å²) in [6.07, 6.45) is 4.24. The number of rotatable bonds is 4. The first kappa shape index (κ1) is 18.5. The second-order valence-electron chi connectivity index (χ2n) is 7.60. The highest BCUT2D eigenvalue weighted by Crippen LogP contribution is 2.33. The van der Waals surface area contributed by atoms with Crippen LogP contribution in [0, 0.1) is 5.92 Å². The molecule has 7 heteroatoms. The van der Waals surface area contributed by atoms with Crippen LogP contribution in [0.3, 0.4) is 0 Å². The van der Waals surface area contributed by atoms with Crippen LogP contribution in [-0.2, 0) is 11.3 Å². The lowest BCUT2D eigenvalue weighted by Gasteiger charge is -2.26. The molecule has 0 radical (unpaired) electrons. The number of benzene rings is 1. The summed E-state index contributed by atoms with van der Waals surface area (Å²) >= 11 is 0. The van der Waals surface area contributed by atoms with Gasteiger partial charge in [0, 0.05) is 17.7 Å². The SMILES string of the molecule is CC1CCC(NC(=O)Cn2nc(-c3ccc4c(c3)OCCO4)ccc2=O)CC1. The monoisotopic (exact) mass is 383 g/mol. The molecule has 1 aliphatic carbocycles. The van der Waals surface area contributed by atoms with E-state index in [2.05, 4.69) is 17.3 Å². The van der Waals surface area contributed by atoms with Crippen LogP contribution in [0.5, 0.6) is 11.5 Å². The summed E-state index contributed by atoms with van der Waals surface area (Å²) < 4.78 is 12.4. The molecule has 1 fully saturated rings. The highest BCUT2D eigenvalue weighted by Gasteiger charge is 2.20. The fraction of sp³-hybridized carbons (Fsp3) is 0.476. The van der Waals surface area contributed by atoms with Crippen molar-refractivity contribution in [1.82, 2.24) is 15.1 Å². The van der Waals surface area contributed by atoms with Crippen LogP contribution in [0.1, 0.15) is 32.6 Å². The van der Waals surface area contributed by atoms with E-state index in [9.17, 15) is 9.59 Å². The van der Waals surface area contributed by atoms with Crippen molar-refractivity contribution in [2.45, 2.75) is 45.2 Å². The number of carbonyl (C=O) groups is 1. The maximum absolute atomic E-state index is 12.4. The van der Waals surface area contributed by atoms with Crippen molar-refractivity contribution in [2.75, 3.05) is 13.2 Å². The van der Waals surface area contributed by atoms with Gasteiger partial charge in [0.15, 0.2) is 11.5 Å². The Labute approximate surface area is 163 Å². The van der Waals surface area contributed by atoms with Crippen molar-refractivity contribution in [3.8, 4) is 22.8 Å². The summed E-state index contributed by atoms with van der Waals surface area (Å²) in [7, 11) is 0. The first-order valence-electron chi connectivity index (χ1n) is 9.86. The van der Waals surface area contributed by atoms with E-state index in [1.807, 2.05) is 18.2 Å². The predicted octanol–water partition coefficient (Wildman–Crippen LogP) is 2.38. The number of hydrogen-bond donors (Lipinski definition) is 1. The maximum atomic E-state index is 12.4. The Morgan fingerprint density at radius 1 is 1.11 bits per heavy atom. The molecule has 4 rings (SSSR count). The van der Waals surface area contributed by atoms with Gasteiger partial charge in [0.1, 0.15) is 19.8 Å². The summed E-state index contributed by atoms with van der Waals surface area (Å²) in [5, 5.41) is 7.42. The lowest BCUT2D eigenvalue weighted by atomic mass is 9.87. The molecule has 0 atom stereocenters. The average molecular weight is 383 g/mol. The van der Waals surface area contributed by atoms with E-state index in [1.165, 1.54) is 10.7 Å². The van der Waals surface area contributed by atoms with Gasteiger partial charge in [-0.25, -0.2) is 4.68 Å². The van der Waals surface area contributed by atoms with Gasteiger partial charge in [-0.3, -0.25) is 9.59 Å². The molecule has 0 saturated heterocycles. The first-order chi connectivity index (χ1) is 13.6. The average Bonchev–Trinajstić information content (AvgIpc) is 2.71. The molecule has 28 heavy (non-hydrogen) atoms. The van der Waals surface area contributed by atoms with Gasteiger partial charge in [0.2, 0.25) is 5.91 Å². The minimum atomic E-state index is -0.297. The molecule has 1 saturated carbocycles. The Morgan fingerprint density at radius 2 is 1.86 bits per heavy atom. The Kier molecular flexibility index (Phi) is 5.32. The highest BCUT2D eigenvalue weighted by molar-refractivity contribution is 5.76. The van der Waals surface area contributed by atoms with Crippen LogP contribution in [0.2, 0.25) is 0 Å². The molecule has 1 aromatic carbocycles. The number of nitrogens with zero attached hydrogens (tertiary/aromatic N) is 2. The van der Waals surface area contributed by atoms with Gasteiger partial charge < -0.3 is 14.8 Å². The van der Waals surface area contributed by atoms with Gasteiger partial charge in [-0.1, -0.05) is 6.92 Å². The second kappa shape index (κ2) is 8.04. The predicted molar refractivity (Wildman–Crippen MR) is 104 cm³/mol. The lowest BCUT2D eigenvalue weighted by Crippen LogP contribution is -2.41. The molecule has 1 amide bonds. The zero-order chi connectivity index (χ0) is 19.5. The number of carbonyl (C=O) groups excluding carboxylic acids is 1. The van der Waals surface area contributed by atoms with E-state index in [1.54, 1.807) is 6.07 Å². The van der Waals surface area contributed by atoms with Crippen LogP contribution in [0.25, 0.3) is 11.3 Å². The second-order valence-corrected chi connectivity index (χ2v) is 7.60. The number of nitrogens with one attached hydrogen (secondary N) is 1. The Morgan fingerprint density at radius 3 is 2.64 bits per heavy atom. The maximum Gasteiger partial charge on any atom is 0.267 e. The third-order valence-electron chi connectivity index (χ3n) is 5.38. The summed E-state index contributed by atoms with van der Waals surface area (Å²) in [5.41, 5.74) is 1.12. The molecule has 1 aromatic heterocycles.